The molecule has 1 N–H and O–H groups in total. The van der Waals surface area contributed by atoms with Gasteiger partial charge < -0.3 is 10.1 Å². The maximum Gasteiger partial charge on any atom is 0.355 e. The van der Waals surface area contributed by atoms with Crippen molar-refractivity contribution >= 4 is 39.6 Å². The summed E-state index contributed by atoms with van der Waals surface area (Å²) >= 11 is 1.23. The van der Waals surface area contributed by atoms with Crippen molar-refractivity contribution < 1.29 is 14.3 Å². The van der Waals surface area contributed by atoms with Crippen molar-refractivity contribution in [1.82, 2.24) is 0 Å². The number of carbonyl (C=O) groups excluding carboxylic acids is 2. The lowest BCUT2D eigenvalue weighted by atomic mass is 10.0. The minimum atomic E-state index is -1.04. The second-order valence-corrected chi connectivity index (χ2v) is 8.09. The Balaban J connectivity index is 1.49. The van der Waals surface area contributed by atoms with E-state index >= 15 is 0 Å². The summed E-state index contributed by atoms with van der Waals surface area (Å²) in [6, 6.07) is 22.9. The topological polar surface area (TPSA) is 94.8 Å². The lowest BCUT2D eigenvalue weighted by Gasteiger charge is -2.23. The number of nitrogens with one attached hydrogen (secondary N) is 1. The van der Waals surface area contributed by atoms with E-state index in [-0.39, 0.29) is 11.8 Å². The van der Waals surface area contributed by atoms with Gasteiger partial charge in [-0.3, -0.25) is 9.80 Å². The first kappa shape index (κ1) is 21.3. The molecule has 2 heterocycles. The second kappa shape index (κ2) is 9.45. The fourth-order valence-corrected chi connectivity index (χ4v) is 4.12. The van der Waals surface area contributed by atoms with Crippen molar-refractivity contribution in [3.8, 4) is 6.07 Å². The van der Waals surface area contributed by atoms with Gasteiger partial charge in [0, 0.05) is 6.42 Å². The van der Waals surface area contributed by atoms with Crippen molar-refractivity contribution in [3.63, 3.8) is 0 Å². The summed E-state index contributed by atoms with van der Waals surface area (Å²) in [6.07, 6.45) is -0.685. The molecule has 8 heteroatoms. The van der Waals surface area contributed by atoms with Crippen LogP contribution >= 0.6 is 11.3 Å². The van der Waals surface area contributed by atoms with Gasteiger partial charge >= 0.3 is 5.97 Å². The highest BCUT2D eigenvalue weighted by molar-refractivity contribution is 7.14. The second-order valence-electron chi connectivity index (χ2n) is 7.17. The van der Waals surface area contributed by atoms with Crippen molar-refractivity contribution in [2.45, 2.75) is 25.5 Å². The van der Waals surface area contributed by atoms with Gasteiger partial charge in [0.2, 0.25) is 0 Å². The van der Waals surface area contributed by atoms with Gasteiger partial charge in [0.25, 0.3) is 5.91 Å². The van der Waals surface area contributed by atoms with Crippen LogP contribution in [-0.2, 0) is 14.3 Å². The Morgan fingerprint density at radius 3 is 2.53 bits per heavy atom. The molecule has 7 nitrogen and oxygen atoms in total. The highest BCUT2D eigenvalue weighted by atomic mass is 32.1. The Morgan fingerprint density at radius 1 is 1.16 bits per heavy atom. The van der Waals surface area contributed by atoms with Gasteiger partial charge in [-0.15, -0.1) is 11.3 Å². The van der Waals surface area contributed by atoms with Gasteiger partial charge in [-0.05, 0) is 36.1 Å². The van der Waals surface area contributed by atoms with E-state index in [1.165, 1.54) is 18.3 Å². The number of hydrogen-bond acceptors (Lipinski definition) is 7. The fourth-order valence-electron chi connectivity index (χ4n) is 3.38. The zero-order valence-electron chi connectivity index (χ0n) is 17.3. The summed E-state index contributed by atoms with van der Waals surface area (Å²) < 4.78 is 5.40. The van der Waals surface area contributed by atoms with E-state index < -0.39 is 18.0 Å². The van der Waals surface area contributed by atoms with Crippen molar-refractivity contribution in [2.75, 3.05) is 10.3 Å². The molecule has 2 atom stereocenters. The van der Waals surface area contributed by atoms with E-state index in [0.717, 1.165) is 11.3 Å². The molecule has 1 aliphatic heterocycles. The SMILES string of the molecule is C[C@H](OC(=O)C1=NN(c2ccccc2)[C@@H](c2ccccc2)C1)C(=O)Nc1sccc1C#N. The number of rotatable bonds is 6. The molecule has 160 valence electrons. The van der Waals surface area contributed by atoms with Crippen molar-refractivity contribution in [2.24, 2.45) is 5.10 Å². The van der Waals surface area contributed by atoms with Crippen LogP contribution in [0.2, 0.25) is 0 Å². The lowest BCUT2D eigenvalue weighted by Crippen LogP contribution is -2.32. The lowest BCUT2D eigenvalue weighted by molar-refractivity contribution is -0.146. The van der Waals surface area contributed by atoms with Gasteiger partial charge in [0.15, 0.2) is 6.10 Å². The van der Waals surface area contributed by atoms with E-state index in [4.69, 9.17) is 10.00 Å². The highest BCUT2D eigenvalue weighted by Gasteiger charge is 2.34. The molecule has 0 bridgehead atoms. The van der Waals surface area contributed by atoms with E-state index in [0.29, 0.717) is 17.0 Å². The molecule has 0 unspecified atom stereocenters. The van der Waals surface area contributed by atoms with Crippen LogP contribution in [0.1, 0.15) is 30.5 Å². The Bertz CT molecular complexity index is 1180. The highest BCUT2D eigenvalue weighted by Crippen LogP contribution is 2.35. The Kier molecular flexibility index (Phi) is 6.29. The Morgan fingerprint density at radius 2 is 1.84 bits per heavy atom. The monoisotopic (exact) mass is 444 g/mol. The number of thiophene rings is 1. The first-order chi connectivity index (χ1) is 15.6. The summed E-state index contributed by atoms with van der Waals surface area (Å²) in [6.45, 7) is 1.49. The number of nitrogens with zero attached hydrogens (tertiary/aromatic N) is 3. The van der Waals surface area contributed by atoms with Crippen LogP contribution in [0.4, 0.5) is 10.7 Å². The third kappa shape index (κ3) is 4.53. The van der Waals surface area contributed by atoms with E-state index in [1.807, 2.05) is 71.7 Å². The summed E-state index contributed by atoms with van der Waals surface area (Å²) in [7, 11) is 0. The molecule has 0 saturated heterocycles. The third-order valence-corrected chi connectivity index (χ3v) is 5.86. The molecular weight excluding hydrogens is 424 g/mol. The summed E-state index contributed by atoms with van der Waals surface area (Å²) in [5, 5.41) is 20.2. The van der Waals surface area contributed by atoms with Crippen LogP contribution in [0.5, 0.6) is 0 Å². The van der Waals surface area contributed by atoms with Gasteiger partial charge in [0.05, 0.1) is 17.3 Å². The summed E-state index contributed by atoms with van der Waals surface area (Å²) in [5.41, 5.74) is 2.49. The standard InChI is InChI=1S/C24H20N4O3S/c1-16(22(29)26-23-18(15-25)12-13-32-23)31-24(30)20-14-21(17-8-4-2-5-9-17)28(27-20)19-10-6-3-7-11-19/h2-13,16,21H,14H2,1H3,(H,26,29)/t16-,21+/m0/s1. The third-order valence-electron chi connectivity index (χ3n) is 5.03. The maximum absolute atomic E-state index is 12.8. The van der Waals surface area contributed by atoms with Crippen LogP contribution in [-0.4, -0.2) is 23.7 Å². The molecule has 1 amide bonds. The molecule has 4 rings (SSSR count). The molecule has 2 aromatic carbocycles. The first-order valence-electron chi connectivity index (χ1n) is 10.0. The normalized spacial score (nSPS) is 16.1. The van der Waals surface area contributed by atoms with Gasteiger partial charge in [0.1, 0.15) is 16.8 Å². The minimum absolute atomic E-state index is 0.158. The number of esters is 1. The molecule has 1 aliphatic rings. The van der Waals surface area contributed by atoms with Crippen molar-refractivity contribution in [3.05, 3.63) is 83.2 Å². The number of hydrazone groups is 1. The smallest absolute Gasteiger partial charge is 0.355 e. The number of carbonyl (C=O) groups is 2. The quantitative estimate of drug-likeness (QED) is 0.565. The zero-order valence-corrected chi connectivity index (χ0v) is 18.1. The van der Waals surface area contributed by atoms with Crippen LogP contribution in [0.3, 0.4) is 0 Å². The van der Waals surface area contributed by atoms with E-state index in [2.05, 4.69) is 10.4 Å². The van der Waals surface area contributed by atoms with Crippen LogP contribution in [0.15, 0.2) is 77.2 Å². The predicted molar refractivity (Wildman–Crippen MR) is 123 cm³/mol. The molecule has 32 heavy (non-hydrogen) atoms. The van der Waals surface area contributed by atoms with Gasteiger partial charge in [-0.2, -0.15) is 10.4 Å². The number of para-hydroxylation sites is 1. The predicted octanol–water partition coefficient (Wildman–Crippen LogP) is 4.50. The molecule has 0 spiro atoms. The number of anilines is 2. The minimum Gasteiger partial charge on any atom is -0.448 e. The number of ether oxygens (including phenoxy) is 1. The Hall–Kier alpha value is -3.96. The Labute approximate surface area is 189 Å². The summed E-state index contributed by atoms with van der Waals surface area (Å²) in [4.78, 5) is 25.3. The van der Waals surface area contributed by atoms with Crippen LogP contribution in [0.25, 0.3) is 0 Å². The number of nitriles is 1. The molecule has 3 aromatic rings. The molecule has 0 saturated carbocycles. The largest absolute Gasteiger partial charge is 0.448 e. The average Bonchev–Trinajstić information content (AvgIpc) is 3.47. The number of benzene rings is 2. The molecule has 0 radical (unpaired) electrons. The van der Waals surface area contributed by atoms with Gasteiger partial charge in [-0.25, -0.2) is 4.79 Å². The number of hydrogen-bond donors (Lipinski definition) is 1. The van der Waals surface area contributed by atoms with E-state index in [1.54, 1.807) is 11.4 Å². The number of amides is 1. The zero-order chi connectivity index (χ0) is 22.5. The molecule has 0 aliphatic carbocycles. The fraction of sp³-hybridized carbons (Fsp3) is 0.167. The maximum atomic E-state index is 12.8. The average molecular weight is 445 g/mol. The molecular formula is C24H20N4O3S. The molecule has 0 fully saturated rings. The first-order valence-corrected chi connectivity index (χ1v) is 10.9. The van der Waals surface area contributed by atoms with Crippen LogP contribution in [0, 0.1) is 11.3 Å². The van der Waals surface area contributed by atoms with Gasteiger partial charge in [-0.1, -0.05) is 48.5 Å². The van der Waals surface area contributed by atoms with E-state index in [9.17, 15) is 9.59 Å². The van der Waals surface area contributed by atoms with Crippen LogP contribution < -0.4 is 10.3 Å². The molecule has 1 aromatic heterocycles. The summed E-state index contributed by atoms with van der Waals surface area (Å²) in [5.74, 6) is -1.14. The van der Waals surface area contributed by atoms with Crippen molar-refractivity contribution in [1.29, 1.82) is 5.26 Å².